The minimum atomic E-state index is -4.33. The molecule has 0 fully saturated rings. The second-order valence-corrected chi connectivity index (χ2v) is 3.89. The van der Waals surface area contributed by atoms with Crippen LogP contribution in [-0.4, -0.2) is 12.1 Å². The van der Waals surface area contributed by atoms with Gasteiger partial charge in [-0.1, -0.05) is 0 Å². The van der Waals surface area contributed by atoms with Crippen LogP contribution in [0.2, 0.25) is 0 Å². The third kappa shape index (κ3) is 3.82. The summed E-state index contributed by atoms with van der Waals surface area (Å²) in [6.07, 6.45) is 0. The van der Waals surface area contributed by atoms with Crippen LogP contribution in [0.5, 0.6) is 5.75 Å². The molecule has 0 aromatic heterocycles. The number of nitrogens with one attached hydrogen (secondary N) is 1. The molecule has 0 radical (unpaired) electrons. The van der Waals surface area contributed by atoms with Gasteiger partial charge >= 0.3 is 5.51 Å². The molecule has 0 aliphatic heterocycles. The third-order valence-corrected chi connectivity index (χ3v) is 2.45. The van der Waals surface area contributed by atoms with Gasteiger partial charge in [-0.15, -0.1) is 0 Å². The van der Waals surface area contributed by atoms with Crippen molar-refractivity contribution in [2.24, 2.45) is 5.84 Å². The summed E-state index contributed by atoms with van der Waals surface area (Å²) in [6.45, 7) is 2.23. The first kappa shape index (κ1) is 13.0. The summed E-state index contributed by atoms with van der Waals surface area (Å²) in [5.41, 5.74) is -1.93. The molecule has 0 aliphatic rings. The van der Waals surface area contributed by atoms with Gasteiger partial charge in [0.2, 0.25) is 0 Å². The molecule has 3 N–H and O–H groups in total. The second-order valence-electron chi connectivity index (χ2n) is 2.78. The van der Waals surface area contributed by atoms with Crippen molar-refractivity contribution in [3.8, 4) is 5.75 Å². The van der Waals surface area contributed by atoms with Gasteiger partial charge in [0.15, 0.2) is 0 Å². The fraction of sp³-hybridized carbons (Fsp3) is 0.333. The maximum Gasteiger partial charge on any atom is 0.446 e. The minimum absolute atomic E-state index is 0.0125. The number of thioether (sulfide) groups is 1. The third-order valence-electron chi connectivity index (χ3n) is 1.64. The second kappa shape index (κ2) is 5.31. The van der Waals surface area contributed by atoms with Crippen molar-refractivity contribution in [3.05, 3.63) is 18.2 Å². The topological polar surface area (TPSA) is 47.3 Å². The van der Waals surface area contributed by atoms with Crippen molar-refractivity contribution < 1.29 is 17.9 Å². The Hall–Kier alpha value is -1.08. The number of anilines is 1. The molecule has 0 aliphatic carbocycles. The highest BCUT2D eigenvalue weighted by atomic mass is 32.2. The summed E-state index contributed by atoms with van der Waals surface area (Å²) >= 11 is -0.219. The molecule has 1 rings (SSSR count). The number of nitrogen functional groups attached to an aromatic ring is 1. The summed E-state index contributed by atoms with van der Waals surface area (Å²) < 4.78 is 41.7. The molecule has 0 bridgehead atoms. The maximum atomic E-state index is 12.2. The van der Waals surface area contributed by atoms with Crippen LogP contribution in [-0.2, 0) is 0 Å². The van der Waals surface area contributed by atoms with Gasteiger partial charge in [0.05, 0.1) is 12.3 Å². The van der Waals surface area contributed by atoms with E-state index in [-0.39, 0.29) is 22.3 Å². The molecular formula is C9H11F3N2OS. The van der Waals surface area contributed by atoms with Crippen molar-refractivity contribution in [1.29, 1.82) is 0 Å². The Morgan fingerprint density at radius 2 is 2.12 bits per heavy atom. The van der Waals surface area contributed by atoms with E-state index in [9.17, 15) is 13.2 Å². The molecule has 0 heterocycles. The van der Waals surface area contributed by atoms with Crippen LogP contribution in [0.25, 0.3) is 0 Å². The summed E-state index contributed by atoms with van der Waals surface area (Å²) in [6, 6.07) is 4.22. The van der Waals surface area contributed by atoms with E-state index < -0.39 is 5.51 Å². The van der Waals surface area contributed by atoms with Gasteiger partial charge in [-0.05, 0) is 30.8 Å². The van der Waals surface area contributed by atoms with Crippen LogP contribution in [0.1, 0.15) is 6.92 Å². The normalized spacial score (nSPS) is 11.3. The van der Waals surface area contributed by atoms with Crippen molar-refractivity contribution in [3.63, 3.8) is 0 Å². The highest BCUT2D eigenvalue weighted by molar-refractivity contribution is 8.00. The van der Waals surface area contributed by atoms with Crippen LogP contribution in [0.15, 0.2) is 23.1 Å². The SMILES string of the molecule is CCOc1ccc(SC(F)(F)F)c(NN)c1. The molecule has 0 spiro atoms. The smallest absolute Gasteiger partial charge is 0.446 e. The molecule has 0 unspecified atom stereocenters. The Bertz CT molecular complexity index is 357. The van der Waals surface area contributed by atoms with E-state index in [0.29, 0.717) is 12.4 Å². The van der Waals surface area contributed by atoms with Crippen molar-refractivity contribution in [2.75, 3.05) is 12.0 Å². The zero-order valence-electron chi connectivity index (χ0n) is 8.47. The van der Waals surface area contributed by atoms with Gasteiger partial charge in [0.1, 0.15) is 5.75 Å². The molecular weight excluding hydrogens is 241 g/mol. The van der Waals surface area contributed by atoms with E-state index in [1.807, 2.05) is 0 Å². The van der Waals surface area contributed by atoms with E-state index in [4.69, 9.17) is 10.6 Å². The number of rotatable bonds is 4. The van der Waals surface area contributed by atoms with Crippen LogP contribution in [0.4, 0.5) is 18.9 Å². The van der Waals surface area contributed by atoms with Crippen molar-refractivity contribution in [1.82, 2.24) is 0 Å². The van der Waals surface area contributed by atoms with Crippen LogP contribution in [0, 0.1) is 0 Å². The van der Waals surface area contributed by atoms with Crippen LogP contribution in [0.3, 0.4) is 0 Å². The number of benzene rings is 1. The number of nitrogens with two attached hydrogens (primary N) is 1. The molecule has 7 heteroatoms. The van der Waals surface area contributed by atoms with Gasteiger partial charge in [0, 0.05) is 11.0 Å². The average molecular weight is 252 g/mol. The number of hydrogen-bond acceptors (Lipinski definition) is 4. The Labute approximate surface area is 95.1 Å². The molecule has 90 valence electrons. The Morgan fingerprint density at radius 1 is 1.44 bits per heavy atom. The van der Waals surface area contributed by atoms with E-state index >= 15 is 0 Å². The van der Waals surface area contributed by atoms with Crippen LogP contribution < -0.4 is 16.0 Å². The zero-order chi connectivity index (χ0) is 12.2. The van der Waals surface area contributed by atoms with Gasteiger partial charge in [-0.3, -0.25) is 5.84 Å². The molecule has 1 aromatic rings. The quantitative estimate of drug-likeness (QED) is 0.491. The first-order chi connectivity index (χ1) is 7.46. The van der Waals surface area contributed by atoms with Gasteiger partial charge < -0.3 is 10.2 Å². The molecule has 1 aromatic carbocycles. The fourth-order valence-electron chi connectivity index (χ4n) is 1.09. The fourth-order valence-corrected chi connectivity index (χ4v) is 1.71. The lowest BCUT2D eigenvalue weighted by Crippen LogP contribution is -2.09. The number of hydrazine groups is 1. The first-order valence-corrected chi connectivity index (χ1v) is 5.27. The van der Waals surface area contributed by atoms with Gasteiger partial charge in [-0.25, -0.2) is 0 Å². The Kier molecular flexibility index (Phi) is 4.31. The van der Waals surface area contributed by atoms with Crippen LogP contribution >= 0.6 is 11.8 Å². The lowest BCUT2D eigenvalue weighted by atomic mass is 10.3. The summed E-state index contributed by atoms with van der Waals surface area (Å²) in [5, 5.41) is 0. The van der Waals surface area contributed by atoms with E-state index in [1.54, 1.807) is 6.92 Å². The van der Waals surface area contributed by atoms with Crippen molar-refractivity contribution >= 4 is 17.4 Å². The standard InChI is InChI=1S/C9H11F3N2OS/c1-2-15-6-3-4-8(7(5-6)14-13)16-9(10,11)12/h3-5,14H,2,13H2,1H3. The minimum Gasteiger partial charge on any atom is -0.494 e. The van der Waals surface area contributed by atoms with E-state index in [2.05, 4.69) is 5.43 Å². The number of hydrogen-bond donors (Lipinski definition) is 2. The lowest BCUT2D eigenvalue weighted by molar-refractivity contribution is -0.0327. The molecule has 3 nitrogen and oxygen atoms in total. The van der Waals surface area contributed by atoms with Gasteiger partial charge in [0.25, 0.3) is 0 Å². The molecule has 0 saturated carbocycles. The monoisotopic (exact) mass is 252 g/mol. The number of alkyl halides is 3. The number of halogens is 3. The highest BCUT2D eigenvalue weighted by Crippen LogP contribution is 2.41. The predicted octanol–water partition coefficient (Wildman–Crippen LogP) is 2.98. The molecule has 16 heavy (non-hydrogen) atoms. The average Bonchev–Trinajstić information content (AvgIpc) is 2.18. The lowest BCUT2D eigenvalue weighted by Gasteiger charge is -2.12. The highest BCUT2D eigenvalue weighted by Gasteiger charge is 2.30. The van der Waals surface area contributed by atoms with E-state index in [0.717, 1.165) is 0 Å². The summed E-state index contributed by atoms with van der Waals surface area (Å²) in [5.74, 6) is 5.62. The Morgan fingerprint density at radius 3 is 2.62 bits per heavy atom. The predicted molar refractivity (Wildman–Crippen MR) is 57.3 cm³/mol. The maximum absolute atomic E-state index is 12.2. The summed E-state index contributed by atoms with van der Waals surface area (Å²) in [4.78, 5) is 0.0125. The Balaban J connectivity index is 2.93. The van der Waals surface area contributed by atoms with E-state index in [1.165, 1.54) is 18.2 Å². The molecule has 0 amide bonds. The molecule has 0 atom stereocenters. The van der Waals surface area contributed by atoms with Crippen molar-refractivity contribution in [2.45, 2.75) is 17.3 Å². The first-order valence-electron chi connectivity index (χ1n) is 4.45. The largest absolute Gasteiger partial charge is 0.494 e. The molecule has 0 saturated heterocycles. The van der Waals surface area contributed by atoms with Gasteiger partial charge in [-0.2, -0.15) is 13.2 Å². The number of ether oxygens (including phenoxy) is 1. The zero-order valence-corrected chi connectivity index (χ0v) is 9.28. The summed E-state index contributed by atoms with van der Waals surface area (Å²) in [7, 11) is 0.